The van der Waals surface area contributed by atoms with E-state index >= 15 is 0 Å². The minimum absolute atomic E-state index is 0.0552. The maximum Gasteiger partial charge on any atom is 0.262 e. The Balaban J connectivity index is 0.823. The molecule has 0 radical (unpaired) electrons. The van der Waals surface area contributed by atoms with E-state index in [2.05, 4.69) is 60.3 Å². The van der Waals surface area contributed by atoms with E-state index in [1.54, 1.807) is 36.4 Å². The van der Waals surface area contributed by atoms with Crippen LogP contribution in [0, 0.1) is 38.9 Å². The fourth-order valence-electron chi connectivity index (χ4n) is 9.95. The third-order valence-corrected chi connectivity index (χ3v) is 13.1. The van der Waals surface area contributed by atoms with Gasteiger partial charge in [-0.25, -0.2) is 0 Å². The Morgan fingerprint density at radius 1 is 0.864 bits per heavy atom. The molecule has 1 saturated carbocycles. The predicted octanol–water partition coefficient (Wildman–Crippen LogP) is 4.38. The van der Waals surface area contributed by atoms with Crippen LogP contribution in [0.2, 0.25) is 5.02 Å². The SMILES string of the molecule is CC1(C)C(NC(=O)c2ccc(N3CCN(CC4(C#N)CN(c5ccc6c(c5)C(=O)N(C5CCC(=O)NC5=O)C6=O)C4)CC3)cc2)C(C)(C)C1Oc1ccc(C#N)c(Cl)c1. The van der Waals surface area contributed by atoms with Crippen molar-refractivity contribution in [1.82, 2.24) is 20.4 Å². The van der Waals surface area contributed by atoms with Crippen LogP contribution in [0.5, 0.6) is 5.75 Å². The number of imide groups is 2. The number of amides is 5. The van der Waals surface area contributed by atoms with Gasteiger partial charge in [-0.05, 0) is 61.0 Å². The third kappa shape index (κ3) is 6.94. The molecule has 59 heavy (non-hydrogen) atoms. The lowest BCUT2D eigenvalue weighted by atomic mass is 9.49. The lowest BCUT2D eigenvalue weighted by Gasteiger charge is -2.63. The summed E-state index contributed by atoms with van der Waals surface area (Å²) in [5.74, 6) is -1.75. The number of ether oxygens (including phenoxy) is 1. The number of carbonyl (C=O) groups is 5. The van der Waals surface area contributed by atoms with Crippen molar-refractivity contribution in [2.75, 3.05) is 55.6 Å². The van der Waals surface area contributed by atoms with Gasteiger partial charge in [0.2, 0.25) is 11.8 Å². The van der Waals surface area contributed by atoms with Crippen LogP contribution in [0.15, 0.2) is 60.7 Å². The molecule has 0 bridgehead atoms. The van der Waals surface area contributed by atoms with Crippen LogP contribution >= 0.6 is 11.6 Å². The van der Waals surface area contributed by atoms with Gasteiger partial charge in [0.15, 0.2) is 0 Å². The maximum absolute atomic E-state index is 13.5. The van der Waals surface area contributed by atoms with Gasteiger partial charge < -0.3 is 19.9 Å². The van der Waals surface area contributed by atoms with Crippen LogP contribution < -0.4 is 25.2 Å². The Morgan fingerprint density at radius 3 is 2.15 bits per heavy atom. The second-order valence-corrected chi connectivity index (χ2v) is 17.9. The molecule has 304 valence electrons. The summed E-state index contributed by atoms with van der Waals surface area (Å²) in [6.45, 7) is 12.9. The number of hydrogen-bond acceptors (Lipinski definition) is 11. The number of piperidine rings is 1. The number of hydrogen-bond donors (Lipinski definition) is 2. The first-order chi connectivity index (χ1) is 28.0. The third-order valence-electron chi connectivity index (χ3n) is 12.8. The molecule has 4 fully saturated rings. The van der Waals surface area contributed by atoms with Crippen molar-refractivity contribution < 1.29 is 28.7 Å². The summed E-state index contributed by atoms with van der Waals surface area (Å²) < 4.78 is 6.37. The van der Waals surface area contributed by atoms with Gasteiger partial charge in [-0.15, -0.1) is 0 Å². The molecule has 8 rings (SSSR count). The second kappa shape index (κ2) is 14.7. The van der Waals surface area contributed by atoms with E-state index < -0.39 is 35.1 Å². The first-order valence-electron chi connectivity index (χ1n) is 19.8. The molecule has 1 unspecified atom stereocenters. The highest BCUT2D eigenvalue weighted by atomic mass is 35.5. The monoisotopic (exact) mass is 816 g/mol. The number of anilines is 2. The molecule has 3 aromatic carbocycles. The lowest BCUT2D eigenvalue weighted by molar-refractivity contribution is -0.164. The molecule has 1 atom stereocenters. The fraction of sp³-hybridized carbons (Fsp3) is 0.432. The zero-order chi connectivity index (χ0) is 42.0. The molecule has 5 amide bonds. The Labute approximate surface area is 347 Å². The number of nitrogens with zero attached hydrogens (tertiary/aromatic N) is 6. The first-order valence-corrected chi connectivity index (χ1v) is 20.2. The van der Waals surface area contributed by atoms with Crippen molar-refractivity contribution in [1.29, 1.82) is 10.5 Å². The normalized spacial score (nSPS) is 24.3. The summed E-state index contributed by atoms with van der Waals surface area (Å²) in [7, 11) is 0. The second-order valence-electron chi connectivity index (χ2n) is 17.5. The summed E-state index contributed by atoms with van der Waals surface area (Å²) in [6, 6.07) is 21.1. The first kappa shape index (κ1) is 39.8. The molecule has 1 aliphatic carbocycles. The highest BCUT2D eigenvalue weighted by Crippen LogP contribution is 2.55. The van der Waals surface area contributed by atoms with Crippen LogP contribution in [0.4, 0.5) is 11.4 Å². The van der Waals surface area contributed by atoms with E-state index in [9.17, 15) is 34.5 Å². The highest BCUT2D eigenvalue weighted by Gasteiger charge is 2.64. The van der Waals surface area contributed by atoms with Crippen LogP contribution in [-0.4, -0.2) is 103 Å². The molecule has 5 aliphatic rings. The highest BCUT2D eigenvalue weighted by molar-refractivity contribution is 6.31. The Morgan fingerprint density at radius 2 is 1.53 bits per heavy atom. The van der Waals surface area contributed by atoms with Crippen molar-refractivity contribution in [3.8, 4) is 17.9 Å². The van der Waals surface area contributed by atoms with E-state index in [1.165, 1.54) is 0 Å². The van der Waals surface area contributed by atoms with E-state index in [1.807, 2.05) is 29.2 Å². The molecule has 2 N–H and O–H groups in total. The quantitative estimate of drug-likeness (QED) is 0.293. The molecule has 4 aliphatic heterocycles. The smallest absolute Gasteiger partial charge is 0.262 e. The summed E-state index contributed by atoms with van der Waals surface area (Å²) in [4.78, 5) is 71.6. The van der Waals surface area contributed by atoms with Crippen molar-refractivity contribution in [2.45, 2.75) is 58.7 Å². The van der Waals surface area contributed by atoms with Crippen LogP contribution in [0.25, 0.3) is 0 Å². The summed E-state index contributed by atoms with van der Waals surface area (Å²) in [5.41, 5.74) is 1.78. The van der Waals surface area contributed by atoms with Gasteiger partial charge in [0.1, 0.15) is 29.4 Å². The number of rotatable bonds is 9. The van der Waals surface area contributed by atoms with Gasteiger partial charge in [0.25, 0.3) is 17.7 Å². The van der Waals surface area contributed by atoms with Gasteiger partial charge in [-0.2, -0.15) is 10.5 Å². The zero-order valence-electron chi connectivity index (χ0n) is 33.4. The number of nitriles is 2. The largest absolute Gasteiger partial charge is 0.489 e. The maximum atomic E-state index is 13.5. The number of nitrogens with one attached hydrogen (secondary N) is 2. The van der Waals surface area contributed by atoms with Crippen LogP contribution in [-0.2, 0) is 9.59 Å². The average Bonchev–Trinajstić information content (AvgIpc) is 3.45. The molecule has 15 heteroatoms. The topological polar surface area (TPSA) is 179 Å². The van der Waals surface area contributed by atoms with Gasteiger partial charge in [0.05, 0.1) is 27.8 Å². The van der Waals surface area contributed by atoms with Crippen molar-refractivity contribution in [2.24, 2.45) is 16.2 Å². The zero-order valence-corrected chi connectivity index (χ0v) is 34.1. The Kier molecular flexibility index (Phi) is 9.93. The minimum atomic E-state index is -1.02. The van der Waals surface area contributed by atoms with E-state index in [-0.39, 0.29) is 52.9 Å². The predicted molar refractivity (Wildman–Crippen MR) is 218 cm³/mol. The van der Waals surface area contributed by atoms with E-state index in [0.717, 1.165) is 42.5 Å². The molecular formula is C44H45ClN8O6. The van der Waals surface area contributed by atoms with Gasteiger partial charge in [-0.3, -0.25) is 39.1 Å². The number of piperazine rings is 1. The standard InChI is InChI=1S/C44H45ClN8O6/c1-42(2)40(43(3,4)41(42)59-30-11-7-27(21-46)33(45)20-30)49-36(55)26-5-8-28(9-6-26)51-17-15-50(16-18-51)23-44(22-47)24-52(25-44)29-10-12-31-32(19-29)39(58)53(38(31)57)34-13-14-35(54)48-37(34)56/h5-12,19-20,34,40-41H,13-18,23-25H2,1-4H3,(H,49,55)(H,48,54,56). The number of benzene rings is 3. The number of carbonyl (C=O) groups excluding carboxylic acids is 5. The summed E-state index contributed by atoms with van der Waals surface area (Å²) in [6.07, 6.45) is -0.0568. The molecule has 0 aromatic heterocycles. The molecule has 0 spiro atoms. The van der Waals surface area contributed by atoms with Crippen molar-refractivity contribution in [3.63, 3.8) is 0 Å². The Hall–Kier alpha value is -5.96. The van der Waals surface area contributed by atoms with Crippen LogP contribution in [0.3, 0.4) is 0 Å². The van der Waals surface area contributed by atoms with E-state index in [0.29, 0.717) is 41.5 Å². The molecular weight excluding hydrogens is 772 g/mol. The van der Waals surface area contributed by atoms with Crippen molar-refractivity contribution >= 4 is 52.5 Å². The summed E-state index contributed by atoms with van der Waals surface area (Å²) >= 11 is 6.24. The van der Waals surface area contributed by atoms with Gasteiger partial charge in [-0.1, -0.05) is 39.3 Å². The van der Waals surface area contributed by atoms with Gasteiger partial charge >= 0.3 is 0 Å². The van der Waals surface area contributed by atoms with Crippen molar-refractivity contribution in [3.05, 3.63) is 87.9 Å². The van der Waals surface area contributed by atoms with E-state index in [4.69, 9.17) is 16.3 Å². The van der Waals surface area contributed by atoms with Crippen LogP contribution in [0.1, 0.15) is 77.2 Å². The fourth-order valence-corrected chi connectivity index (χ4v) is 10.2. The molecule has 3 aromatic rings. The Bertz CT molecular complexity index is 2340. The summed E-state index contributed by atoms with van der Waals surface area (Å²) in [5, 5.41) is 25.3. The minimum Gasteiger partial charge on any atom is -0.489 e. The molecule has 4 heterocycles. The average molecular weight is 817 g/mol. The number of halogens is 1. The molecule has 14 nitrogen and oxygen atoms in total. The lowest BCUT2D eigenvalue weighted by Crippen LogP contribution is -2.74. The number of fused-ring (bicyclic) bond motifs is 1. The van der Waals surface area contributed by atoms with Gasteiger partial charge in [0, 0.05) is 92.1 Å². The molecule has 3 saturated heterocycles.